The van der Waals surface area contributed by atoms with Crippen molar-refractivity contribution in [3.63, 3.8) is 0 Å². The van der Waals surface area contributed by atoms with Crippen LogP contribution in [0.5, 0.6) is 11.6 Å². The highest BCUT2D eigenvalue weighted by Gasteiger charge is 2.25. The summed E-state index contributed by atoms with van der Waals surface area (Å²) in [6.07, 6.45) is 3.36. The number of aryl methyl sites for hydroxylation is 3. The van der Waals surface area contributed by atoms with E-state index in [1.165, 1.54) is 11.1 Å². The zero-order valence-corrected chi connectivity index (χ0v) is 19.0. The fourth-order valence-corrected chi connectivity index (χ4v) is 4.32. The summed E-state index contributed by atoms with van der Waals surface area (Å²) < 4.78 is 5.82. The fraction of sp³-hybridized carbons (Fsp3) is 0.375. The van der Waals surface area contributed by atoms with Crippen LogP contribution in [0.2, 0.25) is 0 Å². The molecule has 6 nitrogen and oxygen atoms in total. The standard InChI is InChI=1S/C24H28N4O2S/c1-16-4-6-22(12-17(16)2)30-23-7-5-20(13-25-23)27-24(29)19-8-10-28(11-9-19)14-21-15-31-18(3)26-21/h4-7,12-13,15,19H,8-11,14H2,1-3H3,(H,27,29). The molecule has 0 radical (unpaired) electrons. The Morgan fingerprint density at radius 2 is 1.97 bits per heavy atom. The number of likely N-dealkylation sites (tertiary alicyclic amines) is 1. The number of carbonyl (C=O) groups excluding carboxylic acids is 1. The number of amides is 1. The molecule has 0 saturated carbocycles. The summed E-state index contributed by atoms with van der Waals surface area (Å²) >= 11 is 1.69. The lowest BCUT2D eigenvalue weighted by atomic mass is 9.96. The number of nitrogens with one attached hydrogen (secondary N) is 1. The van der Waals surface area contributed by atoms with Crippen molar-refractivity contribution in [1.82, 2.24) is 14.9 Å². The minimum Gasteiger partial charge on any atom is -0.439 e. The first-order valence-corrected chi connectivity index (χ1v) is 11.5. The van der Waals surface area contributed by atoms with Crippen LogP contribution >= 0.6 is 11.3 Å². The Balaban J connectivity index is 1.26. The van der Waals surface area contributed by atoms with Gasteiger partial charge in [-0.2, -0.15) is 0 Å². The number of hydrogen-bond acceptors (Lipinski definition) is 6. The number of thiazole rings is 1. The van der Waals surface area contributed by atoms with E-state index >= 15 is 0 Å². The Labute approximate surface area is 187 Å². The molecular weight excluding hydrogens is 408 g/mol. The van der Waals surface area contributed by atoms with Crippen LogP contribution in [-0.2, 0) is 11.3 Å². The molecule has 0 bridgehead atoms. The van der Waals surface area contributed by atoms with Crippen LogP contribution in [0.25, 0.3) is 0 Å². The first-order chi connectivity index (χ1) is 15.0. The third kappa shape index (κ3) is 5.68. The van der Waals surface area contributed by atoms with Crippen LogP contribution < -0.4 is 10.1 Å². The minimum atomic E-state index is 0.0277. The van der Waals surface area contributed by atoms with Gasteiger partial charge in [0, 0.05) is 23.9 Å². The Hall–Kier alpha value is -2.77. The monoisotopic (exact) mass is 436 g/mol. The normalized spacial score (nSPS) is 15.1. The number of anilines is 1. The number of carbonyl (C=O) groups is 1. The second-order valence-electron chi connectivity index (χ2n) is 8.13. The van der Waals surface area contributed by atoms with Gasteiger partial charge >= 0.3 is 0 Å². The molecule has 4 rings (SSSR count). The third-order valence-corrected chi connectivity index (χ3v) is 6.54. The summed E-state index contributed by atoms with van der Waals surface area (Å²) in [7, 11) is 0. The molecule has 0 aliphatic carbocycles. The van der Waals surface area contributed by atoms with Crippen molar-refractivity contribution in [2.24, 2.45) is 5.92 Å². The maximum Gasteiger partial charge on any atom is 0.227 e. The molecule has 0 unspecified atom stereocenters. The SMILES string of the molecule is Cc1nc(CN2CCC(C(=O)Nc3ccc(Oc4ccc(C)c(C)c4)nc3)CC2)cs1. The molecule has 3 heterocycles. The average molecular weight is 437 g/mol. The lowest BCUT2D eigenvalue weighted by molar-refractivity contribution is -0.121. The molecule has 1 fully saturated rings. The largest absolute Gasteiger partial charge is 0.439 e. The third-order valence-electron chi connectivity index (χ3n) is 5.72. The maximum absolute atomic E-state index is 12.7. The second-order valence-corrected chi connectivity index (χ2v) is 9.19. The fourth-order valence-electron chi connectivity index (χ4n) is 3.72. The minimum absolute atomic E-state index is 0.0277. The van der Waals surface area contributed by atoms with Gasteiger partial charge in [-0.25, -0.2) is 9.97 Å². The van der Waals surface area contributed by atoms with Crippen molar-refractivity contribution in [2.45, 2.75) is 40.2 Å². The van der Waals surface area contributed by atoms with Gasteiger partial charge in [0.15, 0.2) is 0 Å². The quantitative estimate of drug-likeness (QED) is 0.582. The second kappa shape index (κ2) is 9.58. The molecule has 1 aromatic carbocycles. The molecule has 1 amide bonds. The summed E-state index contributed by atoms with van der Waals surface area (Å²) in [6.45, 7) is 8.84. The van der Waals surface area contributed by atoms with Crippen LogP contribution in [0.3, 0.4) is 0 Å². The van der Waals surface area contributed by atoms with Gasteiger partial charge in [0.25, 0.3) is 0 Å². The van der Waals surface area contributed by atoms with Crippen LogP contribution in [-0.4, -0.2) is 33.9 Å². The number of piperidine rings is 1. The number of hydrogen-bond donors (Lipinski definition) is 1. The molecule has 0 spiro atoms. The number of aromatic nitrogens is 2. The van der Waals surface area contributed by atoms with Gasteiger partial charge in [-0.05, 0) is 76.0 Å². The first kappa shape index (κ1) is 21.5. The van der Waals surface area contributed by atoms with Gasteiger partial charge in [-0.15, -0.1) is 11.3 Å². The lowest BCUT2D eigenvalue weighted by Gasteiger charge is -2.30. The lowest BCUT2D eigenvalue weighted by Crippen LogP contribution is -2.37. The van der Waals surface area contributed by atoms with Gasteiger partial charge in [0.2, 0.25) is 11.8 Å². The van der Waals surface area contributed by atoms with Crippen LogP contribution in [0.15, 0.2) is 41.9 Å². The summed E-state index contributed by atoms with van der Waals surface area (Å²) in [6, 6.07) is 9.57. The first-order valence-electron chi connectivity index (χ1n) is 10.6. The number of benzene rings is 1. The molecule has 2 aromatic heterocycles. The van der Waals surface area contributed by atoms with Crippen molar-refractivity contribution in [3.8, 4) is 11.6 Å². The molecule has 162 valence electrons. The molecule has 3 aromatic rings. The van der Waals surface area contributed by atoms with E-state index < -0.39 is 0 Å². The van der Waals surface area contributed by atoms with Gasteiger partial charge in [-0.3, -0.25) is 9.69 Å². The van der Waals surface area contributed by atoms with Gasteiger partial charge in [0.1, 0.15) is 5.75 Å². The zero-order valence-electron chi connectivity index (χ0n) is 18.2. The molecule has 1 saturated heterocycles. The van der Waals surface area contributed by atoms with E-state index in [-0.39, 0.29) is 11.8 Å². The van der Waals surface area contributed by atoms with Crippen molar-refractivity contribution >= 4 is 22.9 Å². The molecule has 1 aliphatic heterocycles. The van der Waals surface area contributed by atoms with E-state index in [4.69, 9.17) is 4.74 Å². The molecule has 31 heavy (non-hydrogen) atoms. The van der Waals surface area contributed by atoms with Gasteiger partial charge in [0.05, 0.1) is 22.6 Å². The predicted octanol–water partition coefficient (Wildman–Crippen LogP) is 5.11. The number of pyridine rings is 1. The van der Waals surface area contributed by atoms with E-state index in [1.807, 2.05) is 31.2 Å². The average Bonchev–Trinajstić information content (AvgIpc) is 3.17. The smallest absolute Gasteiger partial charge is 0.227 e. The van der Waals surface area contributed by atoms with E-state index in [1.54, 1.807) is 23.6 Å². The van der Waals surface area contributed by atoms with E-state index in [0.717, 1.165) is 48.9 Å². The Morgan fingerprint density at radius 3 is 2.61 bits per heavy atom. The number of ether oxygens (including phenoxy) is 1. The Bertz CT molecular complexity index is 1040. The predicted molar refractivity (Wildman–Crippen MR) is 124 cm³/mol. The van der Waals surface area contributed by atoms with Crippen LogP contribution in [0.4, 0.5) is 5.69 Å². The zero-order chi connectivity index (χ0) is 21.8. The van der Waals surface area contributed by atoms with E-state index in [2.05, 4.69) is 39.4 Å². The van der Waals surface area contributed by atoms with Gasteiger partial charge < -0.3 is 10.1 Å². The van der Waals surface area contributed by atoms with Crippen molar-refractivity contribution in [2.75, 3.05) is 18.4 Å². The molecule has 0 atom stereocenters. The number of nitrogens with zero attached hydrogens (tertiary/aromatic N) is 3. The summed E-state index contributed by atoms with van der Waals surface area (Å²) in [5.41, 5.74) is 4.22. The molecule has 7 heteroatoms. The molecule has 1 aliphatic rings. The van der Waals surface area contributed by atoms with E-state index in [0.29, 0.717) is 11.6 Å². The topological polar surface area (TPSA) is 67.4 Å². The number of rotatable bonds is 6. The summed E-state index contributed by atoms with van der Waals surface area (Å²) in [5, 5.41) is 6.22. The molecular formula is C24H28N4O2S. The van der Waals surface area contributed by atoms with Crippen molar-refractivity contribution in [3.05, 3.63) is 63.7 Å². The highest BCUT2D eigenvalue weighted by atomic mass is 32.1. The maximum atomic E-state index is 12.7. The van der Waals surface area contributed by atoms with Gasteiger partial charge in [-0.1, -0.05) is 6.07 Å². The van der Waals surface area contributed by atoms with Crippen LogP contribution in [0, 0.1) is 26.7 Å². The van der Waals surface area contributed by atoms with E-state index in [9.17, 15) is 4.79 Å². The molecule has 1 N–H and O–H groups in total. The highest BCUT2D eigenvalue weighted by Crippen LogP contribution is 2.24. The van der Waals surface area contributed by atoms with Crippen LogP contribution in [0.1, 0.15) is 34.7 Å². The van der Waals surface area contributed by atoms with Crippen molar-refractivity contribution in [1.29, 1.82) is 0 Å². The van der Waals surface area contributed by atoms with Crippen molar-refractivity contribution < 1.29 is 9.53 Å². The highest BCUT2D eigenvalue weighted by molar-refractivity contribution is 7.09. The Kier molecular flexibility index (Phi) is 6.63. The summed E-state index contributed by atoms with van der Waals surface area (Å²) in [4.78, 5) is 23.9. The summed E-state index contributed by atoms with van der Waals surface area (Å²) in [5.74, 6) is 1.35. The Morgan fingerprint density at radius 1 is 1.16 bits per heavy atom.